The molecule has 0 saturated heterocycles. The number of amides is 2. The van der Waals surface area contributed by atoms with Gasteiger partial charge in [0.15, 0.2) is 0 Å². The number of hydrogen-bond acceptors (Lipinski definition) is 8. The standard InChI is InChI=1S/C26H42N2O8/c1-19(2)23(29)33-12-5-7-14-35-25(31)27-17-21-10-9-11-22(16-21)18-28-26(32)36-15-8-6-13-34-24(30)20(3)4/h21-22H,1,3,5-18H2,2,4H3,(H,27,31)(H,28,32). The van der Waals surface area contributed by atoms with E-state index in [4.69, 9.17) is 18.9 Å². The van der Waals surface area contributed by atoms with Gasteiger partial charge in [-0.3, -0.25) is 0 Å². The third-order valence-electron chi connectivity index (χ3n) is 5.67. The minimum atomic E-state index is -0.452. The van der Waals surface area contributed by atoms with Gasteiger partial charge >= 0.3 is 24.1 Å². The van der Waals surface area contributed by atoms with Gasteiger partial charge in [0.1, 0.15) is 0 Å². The van der Waals surface area contributed by atoms with Crippen molar-refractivity contribution in [2.24, 2.45) is 11.8 Å². The number of hydrogen-bond donors (Lipinski definition) is 2. The second kappa shape index (κ2) is 18.3. The molecule has 204 valence electrons. The van der Waals surface area contributed by atoms with Gasteiger partial charge in [-0.25, -0.2) is 19.2 Å². The molecule has 0 aliphatic heterocycles. The van der Waals surface area contributed by atoms with E-state index in [9.17, 15) is 19.2 Å². The van der Waals surface area contributed by atoms with Crippen molar-refractivity contribution in [1.82, 2.24) is 10.6 Å². The molecule has 0 bridgehead atoms. The van der Waals surface area contributed by atoms with Crippen LogP contribution in [0.4, 0.5) is 9.59 Å². The van der Waals surface area contributed by atoms with Gasteiger partial charge in [-0.2, -0.15) is 0 Å². The Morgan fingerprint density at radius 2 is 1.03 bits per heavy atom. The van der Waals surface area contributed by atoms with Crippen LogP contribution in [0.2, 0.25) is 0 Å². The number of rotatable bonds is 16. The molecular formula is C26H42N2O8. The first kappa shape index (κ1) is 31.0. The quantitative estimate of drug-likeness (QED) is 0.138. The third-order valence-corrected chi connectivity index (χ3v) is 5.67. The first-order valence-electron chi connectivity index (χ1n) is 12.7. The molecule has 0 aromatic rings. The molecule has 0 aromatic carbocycles. The topological polar surface area (TPSA) is 129 Å². The average Bonchev–Trinajstić information content (AvgIpc) is 2.85. The van der Waals surface area contributed by atoms with Crippen molar-refractivity contribution in [3.05, 3.63) is 24.3 Å². The molecule has 2 unspecified atom stereocenters. The van der Waals surface area contributed by atoms with Crippen LogP contribution in [0.1, 0.15) is 65.2 Å². The number of nitrogens with one attached hydrogen (secondary N) is 2. The zero-order valence-corrected chi connectivity index (χ0v) is 21.7. The second-order valence-corrected chi connectivity index (χ2v) is 9.18. The van der Waals surface area contributed by atoms with Gasteiger partial charge in [-0.15, -0.1) is 0 Å². The molecule has 0 radical (unpaired) electrons. The van der Waals surface area contributed by atoms with Gasteiger partial charge in [0.05, 0.1) is 26.4 Å². The number of ether oxygens (including phenoxy) is 4. The Hall–Kier alpha value is -3.04. The van der Waals surface area contributed by atoms with Crippen molar-refractivity contribution in [2.75, 3.05) is 39.5 Å². The van der Waals surface area contributed by atoms with Crippen LogP contribution in [-0.2, 0) is 28.5 Å². The van der Waals surface area contributed by atoms with Gasteiger partial charge in [0.25, 0.3) is 0 Å². The monoisotopic (exact) mass is 510 g/mol. The molecule has 1 rings (SSSR count). The highest BCUT2D eigenvalue weighted by Gasteiger charge is 2.23. The third kappa shape index (κ3) is 15.1. The summed E-state index contributed by atoms with van der Waals surface area (Å²) in [5, 5.41) is 5.63. The summed E-state index contributed by atoms with van der Waals surface area (Å²) in [5.74, 6) is -0.167. The van der Waals surface area contributed by atoms with Crippen LogP contribution in [-0.4, -0.2) is 63.6 Å². The Balaban J connectivity index is 2.07. The Kier molecular flexibility index (Phi) is 15.7. The van der Waals surface area contributed by atoms with Crippen LogP contribution in [0.25, 0.3) is 0 Å². The van der Waals surface area contributed by atoms with Gasteiger partial charge in [0, 0.05) is 24.2 Å². The normalized spacial score (nSPS) is 16.8. The second-order valence-electron chi connectivity index (χ2n) is 9.18. The molecule has 1 saturated carbocycles. The lowest BCUT2D eigenvalue weighted by atomic mass is 9.81. The van der Waals surface area contributed by atoms with Gasteiger partial charge in [-0.1, -0.05) is 19.6 Å². The van der Waals surface area contributed by atoms with Crippen LogP contribution in [0, 0.1) is 11.8 Å². The molecule has 0 aromatic heterocycles. The first-order chi connectivity index (χ1) is 17.2. The van der Waals surface area contributed by atoms with Crippen molar-refractivity contribution < 1.29 is 38.1 Å². The van der Waals surface area contributed by atoms with E-state index >= 15 is 0 Å². The van der Waals surface area contributed by atoms with E-state index in [1.807, 2.05) is 0 Å². The van der Waals surface area contributed by atoms with E-state index in [1.165, 1.54) is 0 Å². The fourth-order valence-electron chi connectivity index (χ4n) is 3.64. The minimum Gasteiger partial charge on any atom is -0.462 e. The van der Waals surface area contributed by atoms with Crippen molar-refractivity contribution in [1.29, 1.82) is 0 Å². The van der Waals surface area contributed by atoms with Crippen LogP contribution in [0.3, 0.4) is 0 Å². The number of unbranched alkanes of at least 4 members (excludes halogenated alkanes) is 2. The highest BCUT2D eigenvalue weighted by Crippen LogP contribution is 2.28. The van der Waals surface area contributed by atoms with Crippen molar-refractivity contribution in [2.45, 2.75) is 65.2 Å². The number of carbonyl (C=O) groups excluding carboxylic acids is 4. The zero-order chi connectivity index (χ0) is 26.8. The lowest BCUT2D eigenvalue weighted by Crippen LogP contribution is -2.36. The summed E-state index contributed by atoms with van der Waals surface area (Å²) in [6.45, 7) is 12.3. The molecule has 1 aliphatic rings. The Labute approximate surface area is 214 Å². The summed E-state index contributed by atoms with van der Waals surface area (Å²) in [7, 11) is 0. The van der Waals surface area contributed by atoms with Crippen molar-refractivity contribution >= 4 is 24.1 Å². The Morgan fingerprint density at radius 1 is 0.667 bits per heavy atom. The highest BCUT2D eigenvalue weighted by molar-refractivity contribution is 5.87. The molecule has 1 fully saturated rings. The molecule has 2 N–H and O–H groups in total. The van der Waals surface area contributed by atoms with Crippen molar-refractivity contribution in [3.8, 4) is 0 Å². The maximum absolute atomic E-state index is 11.9. The molecule has 0 spiro atoms. The van der Waals surface area contributed by atoms with Crippen molar-refractivity contribution in [3.63, 3.8) is 0 Å². The molecule has 36 heavy (non-hydrogen) atoms. The minimum absolute atomic E-state index is 0.259. The first-order valence-corrected chi connectivity index (χ1v) is 12.7. The van der Waals surface area contributed by atoms with E-state index < -0.39 is 24.1 Å². The number of carbonyl (C=O) groups is 4. The summed E-state index contributed by atoms with van der Waals surface area (Å²) in [4.78, 5) is 46.3. The molecule has 2 atom stereocenters. The Morgan fingerprint density at radius 3 is 1.39 bits per heavy atom. The highest BCUT2D eigenvalue weighted by atomic mass is 16.6. The summed E-state index contributed by atoms with van der Waals surface area (Å²) in [6, 6.07) is 0. The number of alkyl carbamates (subject to hydrolysis) is 2. The zero-order valence-electron chi connectivity index (χ0n) is 21.7. The molecule has 1 aliphatic carbocycles. The fourth-order valence-corrected chi connectivity index (χ4v) is 3.64. The smallest absolute Gasteiger partial charge is 0.407 e. The van der Waals surface area contributed by atoms with Gasteiger partial charge in [0.2, 0.25) is 0 Å². The van der Waals surface area contributed by atoms with E-state index in [2.05, 4.69) is 23.8 Å². The summed E-state index contributed by atoms with van der Waals surface area (Å²) >= 11 is 0. The molecular weight excluding hydrogens is 468 g/mol. The molecule has 10 nitrogen and oxygen atoms in total. The summed E-state index contributed by atoms with van der Waals surface area (Å²) in [5.41, 5.74) is 0.720. The van der Waals surface area contributed by atoms with Crippen LogP contribution in [0.15, 0.2) is 24.3 Å². The lowest BCUT2D eigenvalue weighted by molar-refractivity contribution is -0.140. The predicted octanol–water partition coefficient (Wildman–Crippen LogP) is 4.04. The molecule has 2 amide bonds. The fraction of sp³-hybridized carbons (Fsp3) is 0.692. The average molecular weight is 511 g/mol. The van der Waals surface area contributed by atoms with E-state index in [0.29, 0.717) is 61.8 Å². The maximum Gasteiger partial charge on any atom is 0.407 e. The largest absolute Gasteiger partial charge is 0.462 e. The number of esters is 2. The lowest BCUT2D eigenvalue weighted by Gasteiger charge is -2.29. The van der Waals surface area contributed by atoms with Crippen LogP contribution < -0.4 is 10.6 Å². The predicted molar refractivity (Wildman–Crippen MR) is 134 cm³/mol. The van der Waals surface area contributed by atoms with E-state index in [0.717, 1.165) is 25.7 Å². The summed E-state index contributed by atoms with van der Waals surface area (Å²) < 4.78 is 20.3. The van der Waals surface area contributed by atoms with Crippen LogP contribution >= 0.6 is 0 Å². The molecule has 10 heteroatoms. The molecule has 0 heterocycles. The van der Waals surface area contributed by atoms with E-state index in [1.54, 1.807) is 13.8 Å². The Bertz CT molecular complexity index is 692. The van der Waals surface area contributed by atoms with E-state index in [-0.39, 0.29) is 26.4 Å². The maximum atomic E-state index is 11.9. The van der Waals surface area contributed by atoms with Gasteiger partial charge < -0.3 is 29.6 Å². The SMILES string of the molecule is C=C(C)C(=O)OCCCCOC(=O)NCC1CCCC(CNC(=O)OCCCCOC(=O)C(=C)C)C1. The van der Waals surface area contributed by atoms with Gasteiger partial charge in [-0.05, 0) is 70.6 Å². The van der Waals surface area contributed by atoms with Crippen LogP contribution in [0.5, 0.6) is 0 Å². The summed E-state index contributed by atoms with van der Waals surface area (Å²) in [6.07, 6.45) is 5.50.